The van der Waals surface area contributed by atoms with Gasteiger partial charge in [0, 0.05) is 19.1 Å². The molecule has 3 rings (SSSR count). The summed E-state index contributed by atoms with van der Waals surface area (Å²) in [7, 11) is 0. The molecule has 0 saturated carbocycles. The van der Waals surface area contributed by atoms with Crippen molar-refractivity contribution >= 4 is 24.0 Å². The summed E-state index contributed by atoms with van der Waals surface area (Å²) in [6, 6.07) is 14.0. The molecule has 1 aromatic heterocycles. The van der Waals surface area contributed by atoms with E-state index in [1.54, 1.807) is 12.1 Å². The molecule has 5 nitrogen and oxygen atoms in total. The molecule has 1 saturated heterocycles. The van der Waals surface area contributed by atoms with Gasteiger partial charge >= 0.3 is 0 Å². The summed E-state index contributed by atoms with van der Waals surface area (Å²) in [5.41, 5.74) is 7.91. The van der Waals surface area contributed by atoms with Gasteiger partial charge in [-0.05, 0) is 43.5 Å². The molecule has 0 aliphatic carbocycles. The highest BCUT2D eigenvalue weighted by molar-refractivity contribution is 5.92. The molecule has 0 spiro atoms. The molecule has 1 fully saturated rings. The number of carbonyl (C=O) groups is 1. The normalized spacial score (nSPS) is 18.4. The molecule has 134 valence electrons. The van der Waals surface area contributed by atoms with Crippen LogP contribution in [0, 0.1) is 5.92 Å². The van der Waals surface area contributed by atoms with Crippen molar-refractivity contribution in [3.05, 3.63) is 59.9 Å². The van der Waals surface area contributed by atoms with Crippen LogP contribution in [0.25, 0.3) is 0 Å². The molecule has 1 aliphatic rings. The molecule has 3 N–H and O–H groups in total. The Balaban J connectivity index is 0.00000225. The first-order chi connectivity index (χ1) is 11.6. The third-order valence-electron chi connectivity index (χ3n) is 4.64. The second-order valence-electron chi connectivity index (χ2n) is 6.51. The summed E-state index contributed by atoms with van der Waals surface area (Å²) < 4.78 is 0. The Bertz CT molecular complexity index is 678. The predicted octanol–water partition coefficient (Wildman–Crippen LogP) is 2.73. The fourth-order valence-electron chi connectivity index (χ4n) is 3.19. The number of likely N-dealkylation sites (tertiary alicyclic amines) is 1. The topological polar surface area (TPSA) is 71.2 Å². The smallest absolute Gasteiger partial charge is 0.270 e. The molecule has 6 heteroatoms. The van der Waals surface area contributed by atoms with E-state index in [0.717, 1.165) is 26.1 Å². The Morgan fingerprint density at radius 1 is 1.32 bits per heavy atom. The monoisotopic (exact) mass is 360 g/mol. The number of amides is 1. The number of nitrogens with one attached hydrogen (secondary N) is 1. The molecule has 2 heterocycles. The van der Waals surface area contributed by atoms with E-state index in [1.165, 1.54) is 11.8 Å². The molecule has 2 unspecified atom stereocenters. The summed E-state index contributed by atoms with van der Waals surface area (Å²) in [6.45, 7) is 5.12. The number of hydrogen-bond donors (Lipinski definition) is 2. The van der Waals surface area contributed by atoms with Gasteiger partial charge in [0.15, 0.2) is 0 Å². The minimum atomic E-state index is -0.135. The number of nitrogens with zero attached hydrogens (tertiary/aromatic N) is 2. The van der Waals surface area contributed by atoms with Crippen molar-refractivity contribution in [2.75, 3.05) is 18.8 Å². The van der Waals surface area contributed by atoms with E-state index < -0.39 is 0 Å². The average Bonchev–Trinajstić information content (AvgIpc) is 3.05. The van der Waals surface area contributed by atoms with Crippen LogP contribution in [0.2, 0.25) is 0 Å². The van der Waals surface area contributed by atoms with Gasteiger partial charge in [-0.25, -0.2) is 4.98 Å². The summed E-state index contributed by atoms with van der Waals surface area (Å²) in [6.07, 6.45) is 2.61. The molecule has 2 atom stereocenters. The zero-order valence-corrected chi connectivity index (χ0v) is 15.2. The number of pyridine rings is 1. The molecule has 1 aromatic carbocycles. The van der Waals surface area contributed by atoms with Crippen LogP contribution in [0.15, 0.2) is 48.7 Å². The lowest BCUT2D eigenvalue weighted by Gasteiger charge is -2.21. The number of benzene rings is 1. The highest BCUT2D eigenvalue weighted by Crippen LogP contribution is 2.21. The molecule has 1 amide bonds. The fraction of sp³-hybridized carbons (Fsp3) is 0.368. The van der Waals surface area contributed by atoms with E-state index in [1.807, 2.05) is 6.07 Å². The van der Waals surface area contributed by atoms with E-state index >= 15 is 0 Å². The van der Waals surface area contributed by atoms with Gasteiger partial charge in [-0.15, -0.1) is 12.4 Å². The average molecular weight is 361 g/mol. The van der Waals surface area contributed by atoms with Gasteiger partial charge in [0.25, 0.3) is 5.91 Å². The second-order valence-corrected chi connectivity index (χ2v) is 6.51. The van der Waals surface area contributed by atoms with E-state index in [2.05, 4.69) is 46.4 Å². The summed E-state index contributed by atoms with van der Waals surface area (Å²) in [5, 5.41) is 3.07. The minimum absolute atomic E-state index is 0. The van der Waals surface area contributed by atoms with Crippen molar-refractivity contribution in [2.45, 2.75) is 25.9 Å². The van der Waals surface area contributed by atoms with Crippen LogP contribution >= 0.6 is 12.4 Å². The lowest BCUT2D eigenvalue weighted by atomic mass is 10.0. The fourth-order valence-corrected chi connectivity index (χ4v) is 3.19. The SMILES string of the molecule is CC(NC(=O)c1ccc(N)cn1)C1CCN(Cc2ccccc2)C1.Cl. The molecule has 25 heavy (non-hydrogen) atoms. The summed E-state index contributed by atoms with van der Waals surface area (Å²) >= 11 is 0. The molecule has 2 aromatic rings. The lowest BCUT2D eigenvalue weighted by molar-refractivity contribution is 0.0922. The van der Waals surface area contributed by atoms with Crippen LogP contribution in [-0.4, -0.2) is 34.9 Å². The molecular formula is C19H25ClN4O. The number of aromatic nitrogens is 1. The Labute approximate surface area is 155 Å². The van der Waals surface area contributed by atoms with Crippen LogP contribution in [0.1, 0.15) is 29.4 Å². The van der Waals surface area contributed by atoms with Crippen molar-refractivity contribution in [2.24, 2.45) is 5.92 Å². The van der Waals surface area contributed by atoms with Gasteiger partial charge in [-0.3, -0.25) is 9.69 Å². The maximum atomic E-state index is 12.3. The number of carbonyl (C=O) groups excluding carboxylic acids is 1. The van der Waals surface area contributed by atoms with Crippen molar-refractivity contribution in [1.82, 2.24) is 15.2 Å². The number of nitrogen functional groups attached to an aromatic ring is 1. The lowest BCUT2D eigenvalue weighted by Crippen LogP contribution is -2.39. The second kappa shape index (κ2) is 8.83. The quantitative estimate of drug-likeness (QED) is 0.860. The van der Waals surface area contributed by atoms with E-state index in [-0.39, 0.29) is 24.4 Å². The Morgan fingerprint density at radius 3 is 2.76 bits per heavy atom. The van der Waals surface area contributed by atoms with E-state index in [4.69, 9.17) is 5.73 Å². The third-order valence-corrected chi connectivity index (χ3v) is 4.64. The summed E-state index contributed by atoms with van der Waals surface area (Å²) in [4.78, 5) is 18.8. The zero-order valence-electron chi connectivity index (χ0n) is 14.4. The van der Waals surface area contributed by atoms with Gasteiger partial charge < -0.3 is 11.1 Å². The van der Waals surface area contributed by atoms with E-state index in [0.29, 0.717) is 17.3 Å². The first kappa shape index (κ1) is 19.2. The van der Waals surface area contributed by atoms with E-state index in [9.17, 15) is 4.79 Å². The first-order valence-corrected chi connectivity index (χ1v) is 8.40. The molecular weight excluding hydrogens is 336 g/mol. The Morgan fingerprint density at radius 2 is 2.08 bits per heavy atom. The van der Waals surface area contributed by atoms with Gasteiger partial charge in [0.2, 0.25) is 0 Å². The Hall–Kier alpha value is -2.11. The Kier molecular flexibility index (Phi) is 6.79. The molecule has 1 aliphatic heterocycles. The van der Waals surface area contributed by atoms with Crippen LogP contribution < -0.4 is 11.1 Å². The van der Waals surface area contributed by atoms with Crippen molar-refractivity contribution < 1.29 is 4.79 Å². The number of anilines is 1. The highest BCUT2D eigenvalue weighted by Gasteiger charge is 2.28. The van der Waals surface area contributed by atoms with Crippen LogP contribution in [0.4, 0.5) is 5.69 Å². The standard InChI is InChI=1S/C19H24N4O.ClH/c1-14(22-19(24)18-8-7-17(20)11-21-18)16-9-10-23(13-16)12-15-5-3-2-4-6-15;/h2-8,11,14,16H,9-10,12-13,20H2,1H3,(H,22,24);1H. The first-order valence-electron chi connectivity index (χ1n) is 8.40. The van der Waals surface area contributed by atoms with Crippen LogP contribution in [0.3, 0.4) is 0 Å². The third kappa shape index (κ3) is 5.18. The maximum absolute atomic E-state index is 12.3. The molecule has 0 radical (unpaired) electrons. The number of rotatable bonds is 5. The van der Waals surface area contributed by atoms with Gasteiger partial charge in [-0.2, -0.15) is 0 Å². The zero-order chi connectivity index (χ0) is 16.9. The van der Waals surface area contributed by atoms with Gasteiger partial charge in [-0.1, -0.05) is 30.3 Å². The van der Waals surface area contributed by atoms with Crippen LogP contribution in [0.5, 0.6) is 0 Å². The van der Waals surface area contributed by atoms with Crippen molar-refractivity contribution in [3.63, 3.8) is 0 Å². The predicted molar refractivity (Wildman–Crippen MR) is 103 cm³/mol. The number of nitrogens with two attached hydrogens (primary N) is 1. The van der Waals surface area contributed by atoms with Crippen LogP contribution in [-0.2, 0) is 6.54 Å². The van der Waals surface area contributed by atoms with Gasteiger partial charge in [0.05, 0.1) is 11.9 Å². The number of hydrogen-bond acceptors (Lipinski definition) is 4. The van der Waals surface area contributed by atoms with Gasteiger partial charge in [0.1, 0.15) is 5.69 Å². The minimum Gasteiger partial charge on any atom is -0.397 e. The van der Waals surface area contributed by atoms with Crippen molar-refractivity contribution in [1.29, 1.82) is 0 Å². The highest BCUT2D eigenvalue weighted by atomic mass is 35.5. The summed E-state index contributed by atoms with van der Waals surface area (Å²) in [5.74, 6) is 0.329. The largest absolute Gasteiger partial charge is 0.397 e. The number of halogens is 1. The molecule has 0 bridgehead atoms. The maximum Gasteiger partial charge on any atom is 0.270 e. The van der Waals surface area contributed by atoms with Crippen molar-refractivity contribution in [3.8, 4) is 0 Å².